The molecule has 0 spiro atoms. The van der Waals surface area contributed by atoms with Gasteiger partial charge in [-0.2, -0.15) is 0 Å². The molecule has 1 aliphatic heterocycles. The van der Waals surface area contributed by atoms with Gasteiger partial charge >= 0.3 is 5.97 Å². The summed E-state index contributed by atoms with van der Waals surface area (Å²) in [7, 11) is 0. The van der Waals surface area contributed by atoms with Crippen LogP contribution in [0.1, 0.15) is 32.6 Å². The van der Waals surface area contributed by atoms with Gasteiger partial charge in [-0.15, -0.1) is 0 Å². The van der Waals surface area contributed by atoms with E-state index in [0.717, 1.165) is 19.4 Å². The molecule has 0 bridgehead atoms. The third kappa shape index (κ3) is 3.64. The lowest BCUT2D eigenvalue weighted by molar-refractivity contribution is -0.151. The van der Waals surface area contributed by atoms with E-state index in [9.17, 15) is 4.79 Å². The molecule has 0 saturated carbocycles. The second-order valence-corrected chi connectivity index (χ2v) is 3.74. The van der Waals surface area contributed by atoms with Gasteiger partial charge in [0.25, 0.3) is 0 Å². The molecule has 82 valence electrons. The maximum atomic E-state index is 10.7. The number of hydrogen-bond donors (Lipinski definition) is 2. The van der Waals surface area contributed by atoms with Crippen molar-refractivity contribution in [3.8, 4) is 0 Å². The second kappa shape index (κ2) is 5.98. The molecule has 1 saturated heterocycles. The van der Waals surface area contributed by atoms with Gasteiger partial charge in [0, 0.05) is 6.04 Å². The van der Waals surface area contributed by atoms with Gasteiger partial charge in [-0.25, -0.2) is 4.79 Å². The molecule has 2 N–H and O–H groups in total. The van der Waals surface area contributed by atoms with E-state index in [2.05, 4.69) is 5.32 Å². The van der Waals surface area contributed by atoms with Crippen molar-refractivity contribution in [2.24, 2.45) is 0 Å². The molecule has 0 aromatic heterocycles. The Kier molecular flexibility index (Phi) is 4.90. The Hall–Kier alpha value is -0.610. The summed E-state index contributed by atoms with van der Waals surface area (Å²) in [6.45, 7) is 3.52. The lowest BCUT2D eigenvalue weighted by Crippen LogP contribution is -2.32. The van der Waals surface area contributed by atoms with Crippen molar-refractivity contribution in [2.45, 2.75) is 44.8 Å². The average Bonchev–Trinajstić information content (AvgIpc) is 2.64. The van der Waals surface area contributed by atoms with Crippen LogP contribution in [0.5, 0.6) is 0 Å². The van der Waals surface area contributed by atoms with Crippen molar-refractivity contribution in [3.05, 3.63) is 0 Å². The average molecular weight is 201 g/mol. The predicted octanol–water partition coefficient (Wildman–Crippen LogP) is 1.01. The standard InChI is InChI=1S/C10H19NO3/c1-2-4-9(10(12)13)14-7-8-5-3-6-11-8/h8-9,11H,2-7H2,1H3,(H,12,13). The van der Waals surface area contributed by atoms with E-state index in [0.29, 0.717) is 19.1 Å². The van der Waals surface area contributed by atoms with Crippen LogP contribution in [0, 0.1) is 0 Å². The molecule has 4 heteroatoms. The molecule has 0 aliphatic carbocycles. The fourth-order valence-corrected chi connectivity index (χ4v) is 1.67. The van der Waals surface area contributed by atoms with Crippen LogP contribution in [0.15, 0.2) is 0 Å². The number of ether oxygens (including phenoxy) is 1. The van der Waals surface area contributed by atoms with Crippen molar-refractivity contribution in [1.29, 1.82) is 0 Å². The molecule has 0 aromatic carbocycles. The molecular weight excluding hydrogens is 182 g/mol. The Balaban J connectivity index is 2.21. The highest BCUT2D eigenvalue weighted by atomic mass is 16.5. The van der Waals surface area contributed by atoms with Gasteiger partial charge in [-0.05, 0) is 25.8 Å². The fourth-order valence-electron chi connectivity index (χ4n) is 1.67. The summed E-state index contributed by atoms with van der Waals surface area (Å²) in [5.74, 6) is -0.843. The SMILES string of the molecule is CCCC(OCC1CCCN1)C(=O)O. The summed E-state index contributed by atoms with van der Waals surface area (Å²) in [6, 6.07) is 0.355. The molecule has 1 fully saturated rings. The Morgan fingerprint density at radius 3 is 3.00 bits per heavy atom. The maximum absolute atomic E-state index is 10.7. The van der Waals surface area contributed by atoms with Crippen LogP contribution in [-0.4, -0.2) is 36.4 Å². The molecule has 2 atom stereocenters. The zero-order chi connectivity index (χ0) is 10.4. The summed E-state index contributed by atoms with van der Waals surface area (Å²) in [6.07, 6.45) is 3.08. The van der Waals surface area contributed by atoms with Crippen LogP contribution in [-0.2, 0) is 9.53 Å². The van der Waals surface area contributed by atoms with Crippen molar-refractivity contribution < 1.29 is 14.6 Å². The van der Waals surface area contributed by atoms with E-state index in [4.69, 9.17) is 9.84 Å². The minimum absolute atomic E-state index is 0.355. The highest BCUT2D eigenvalue weighted by Crippen LogP contribution is 2.08. The minimum Gasteiger partial charge on any atom is -0.479 e. The van der Waals surface area contributed by atoms with Gasteiger partial charge in [0.05, 0.1) is 6.61 Å². The smallest absolute Gasteiger partial charge is 0.332 e. The van der Waals surface area contributed by atoms with Crippen molar-refractivity contribution in [2.75, 3.05) is 13.2 Å². The van der Waals surface area contributed by atoms with Crippen LogP contribution in [0.3, 0.4) is 0 Å². The highest BCUT2D eigenvalue weighted by molar-refractivity contribution is 5.72. The molecular formula is C10H19NO3. The lowest BCUT2D eigenvalue weighted by Gasteiger charge is -2.16. The first-order valence-corrected chi connectivity index (χ1v) is 5.31. The van der Waals surface area contributed by atoms with Gasteiger partial charge in [-0.1, -0.05) is 13.3 Å². The van der Waals surface area contributed by atoms with Crippen LogP contribution in [0.4, 0.5) is 0 Å². The summed E-state index contributed by atoms with van der Waals surface area (Å²) < 4.78 is 5.37. The normalized spacial score (nSPS) is 23.6. The third-order valence-electron chi connectivity index (χ3n) is 2.49. The fraction of sp³-hybridized carbons (Fsp3) is 0.900. The first-order valence-electron chi connectivity index (χ1n) is 5.31. The number of rotatable bonds is 6. The Morgan fingerprint density at radius 2 is 2.50 bits per heavy atom. The first-order chi connectivity index (χ1) is 6.74. The summed E-state index contributed by atoms with van der Waals surface area (Å²) in [5, 5.41) is 12.1. The lowest BCUT2D eigenvalue weighted by atomic mass is 10.2. The molecule has 0 aromatic rings. The number of aliphatic carboxylic acids is 1. The van der Waals surface area contributed by atoms with Gasteiger partial charge in [-0.3, -0.25) is 0 Å². The quantitative estimate of drug-likeness (QED) is 0.673. The number of carboxylic acid groups (broad SMARTS) is 1. The molecule has 2 unspecified atom stereocenters. The van der Waals surface area contributed by atoms with Crippen LogP contribution < -0.4 is 5.32 Å². The van der Waals surface area contributed by atoms with E-state index < -0.39 is 12.1 Å². The van der Waals surface area contributed by atoms with Gasteiger partial charge < -0.3 is 15.2 Å². The summed E-state index contributed by atoms with van der Waals surface area (Å²) in [5.41, 5.74) is 0. The van der Waals surface area contributed by atoms with Crippen LogP contribution in [0.25, 0.3) is 0 Å². The third-order valence-corrected chi connectivity index (χ3v) is 2.49. The van der Waals surface area contributed by atoms with Gasteiger partial charge in [0.1, 0.15) is 0 Å². The van der Waals surface area contributed by atoms with E-state index >= 15 is 0 Å². The van der Waals surface area contributed by atoms with E-state index in [1.165, 1.54) is 6.42 Å². The molecule has 1 aliphatic rings. The Labute approximate surface area is 84.6 Å². The van der Waals surface area contributed by atoms with E-state index in [-0.39, 0.29) is 0 Å². The summed E-state index contributed by atoms with van der Waals surface area (Å²) >= 11 is 0. The largest absolute Gasteiger partial charge is 0.479 e. The molecule has 1 heterocycles. The molecule has 0 amide bonds. The molecule has 1 rings (SSSR count). The minimum atomic E-state index is -0.843. The van der Waals surface area contributed by atoms with Crippen molar-refractivity contribution in [3.63, 3.8) is 0 Å². The topological polar surface area (TPSA) is 58.6 Å². The predicted molar refractivity (Wildman–Crippen MR) is 53.3 cm³/mol. The second-order valence-electron chi connectivity index (χ2n) is 3.74. The zero-order valence-electron chi connectivity index (χ0n) is 8.66. The van der Waals surface area contributed by atoms with Crippen LogP contribution >= 0.6 is 0 Å². The maximum Gasteiger partial charge on any atom is 0.332 e. The van der Waals surface area contributed by atoms with Gasteiger partial charge in [0.15, 0.2) is 6.10 Å². The Bertz CT molecular complexity index is 178. The highest BCUT2D eigenvalue weighted by Gasteiger charge is 2.20. The molecule has 14 heavy (non-hydrogen) atoms. The number of carboxylic acids is 1. The molecule has 0 radical (unpaired) electrons. The number of carbonyl (C=O) groups is 1. The van der Waals surface area contributed by atoms with Crippen molar-refractivity contribution >= 4 is 5.97 Å². The van der Waals surface area contributed by atoms with Gasteiger partial charge in [0.2, 0.25) is 0 Å². The number of hydrogen-bond acceptors (Lipinski definition) is 3. The molecule has 4 nitrogen and oxygen atoms in total. The van der Waals surface area contributed by atoms with E-state index in [1.807, 2.05) is 6.92 Å². The monoisotopic (exact) mass is 201 g/mol. The van der Waals surface area contributed by atoms with Crippen molar-refractivity contribution in [1.82, 2.24) is 5.32 Å². The Morgan fingerprint density at radius 1 is 1.71 bits per heavy atom. The number of nitrogens with one attached hydrogen (secondary N) is 1. The summed E-state index contributed by atoms with van der Waals surface area (Å²) in [4.78, 5) is 10.7. The zero-order valence-corrected chi connectivity index (χ0v) is 8.66. The van der Waals surface area contributed by atoms with E-state index in [1.54, 1.807) is 0 Å². The first kappa shape index (κ1) is 11.5. The van der Waals surface area contributed by atoms with Crippen LogP contribution in [0.2, 0.25) is 0 Å².